The summed E-state index contributed by atoms with van der Waals surface area (Å²) in [4.78, 5) is 50.0. The summed E-state index contributed by atoms with van der Waals surface area (Å²) in [5.74, 6) is 0.133. The molecule has 4 N–H and O–H groups in total. The Balaban J connectivity index is 1.12. The van der Waals surface area contributed by atoms with Crippen molar-refractivity contribution in [1.29, 1.82) is 0 Å². The summed E-state index contributed by atoms with van der Waals surface area (Å²) >= 11 is 7.95. The van der Waals surface area contributed by atoms with Gasteiger partial charge in [-0.05, 0) is 154 Å². The van der Waals surface area contributed by atoms with Gasteiger partial charge in [0.05, 0.1) is 17.7 Å². The number of aromatic nitrogens is 5. The first-order valence-corrected chi connectivity index (χ1v) is 24.1. The van der Waals surface area contributed by atoms with Crippen LogP contribution in [0.2, 0.25) is 5.02 Å². The van der Waals surface area contributed by atoms with E-state index in [4.69, 9.17) is 31.5 Å². The predicted molar refractivity (Wildman–Crippen MR) is 273 cm³/mol. The van der Waals surface area contributed by atoms with Crippen LogP contribution in [0, 0.1) is 33.5 Å². The first-order chi connectivity index (χ1) is 33.4. The molecule has 0 spiro atoms. The van der Waals surface area contributed by atoms with Gasteiger partial charge in [0.1, 0.15) is 40.4 Å². The number of fused-ring (bicyclic) bond motifs is 4. The fourth-order valence-corrected chi connectivity index (χ4v) is 10.4. The van der Waals surface area contributed by atoms with Gasteiger partial charge in [-0.2, -0.15) is 0 Å². The summed E-state index contributed by atoms with van der Waals surface area (Å²) < 4.78 is 25.0. The lowest BCUT2D eigenvalue weighted by Gasteiger charge is -2.27. The Morgan fingerprint density at radius 2 is 1.67 bits per heavy atom. The molecule has 16 heteroatoms. The number of hydrogen-bond acceptors (Lipinski definition) is 9. The van der Waals surface area contributed by atoms with Crippen molar-refractivity contribution in [3.05, 3.63) is 179 Å². The summed E-state index contributed by atoms with van der Waals surface area (Å²) in [6.07, 6.45) is 2.19. The number of pyridine rings is 1. The zero-order valence-corrected chi connectivity index (χ0v) is 41.6. The highest BCUT2D eigenvalue weighted by atomic mass is 35.5. The standard InChI is InChI=1S/C54H52ClFN8O5S/c1-9-57-51(67)44-24-41-42(26-63(8)52(68)49(41)60-44)40-23-34(13-10-33(40)22-39-28(2)20-36(56)21-29(39)3)54(6,7)69-27-45-61-62-50-43(25-46(66)58-37-16-18-38(65)19-17-37)59-48(32-11-14-35(55)15-12-32)47-30(4)31(5)70-53(47)64(45)50/h10-21,23-24,26,43,60,65H,9,22,25,27H2,1-8H3,(H,57,67)(H,58,66)/t43-/m0/s1. The molecule has 358 valence electrons. The second kappa shape index (κ2) is 18.9. The number of aryl methyl sites for hydroxylation is 4. The number of H-pyrrole nitrogens is 1. The molecule has 0 bridgehead atoms. The van der Waals surface area contributed by atoms with Gasteiger partial charge in [0, 0.05) is 57.5 Å². The quantitative estimate of drug-likeness (QED) is 0.0834. The number of amides is 2. The first-order valence-electron chi connectivity index (χ1n) is 22.9. The third kappa shape index (κ3) is 9.19. The van der Waals surface area contributed by atoms with Gasteiger partial charge < -0.3 is 30.0 Å². The average Bonchev–Trinajstić information content (AvgIpc) is 4.02. The van der Waals surface area contributed by atoms with Crippen LogP contribution in [0.5, 0.6) is 5.75 Å². The van der Waals surface area contributed by atoms with E-state index in [1.807, 2.05) is 75.6 Å². The fraction of sp³-hybridized carbons (Fsp3) is 0.259. The maximum absolute atomic E-state index is 14.6. The maximum Gasteiger partial charge on any atom is 0.274 e. The molecule has 70 heavy (non-hydrogen) atoms. The lowest BCUT2D eigenvalue weighted by molar-refractivity contribution is -0.116. The van der Waals surface area contributed by atoms with Gasteiger partial charge in [-0.1, -0.05) is 35.9 Å². The summed E-state index contributed by atoms with van der Waals surface area (Å²) in [7, 11) is 1.68. The molecule has 0 aliphatic carbocycles. The molecule has 0 unspecified atom stereocenters. The van der Waals surface area contributed by atoms with Gasteiger partial charge in [-0.3, -0.25) is 23.9 Å². The molecular weight excluding hydrogens is 927 g/mol. The smallest absolute Gasteiger partial charge is 0.274 e. The SMILES string of the molecule is CCNC(=O)c1cc2c(-c3cc(C(C)(C)OCc4nnc5n4-c4sc(C)c(C)c4C(c4ccc(Cl)cc4)=N[C@H]5CC(=O)Nc4ccc(O)cc4)ccc3Cc3c(C)cc(F)cc3C)cn(C)c(=O)c2[nH]1. The molecule has 4 aromatic carbocycles. The van der Waals surface area contributed by atoms with Crippen molar-refractivity contribution in [1.82, 2.24) is 29.6 Å². The van der Waals surface area contributed by atoms with Crippen molar-refractivity contribution >= 4 is 57.1 Å². The van der Waals surface area contributed by atoms with Crippen molar-refractivity contribution in [2.24, 2.45) is 12.0 Å². The molecule has 1 aliphatic heterocycles. The van der Waals surface area contributed by atoms with Crippen LogP contribution in [0.15, 0.2) is 101 Å². The van der Waals surface area contributed by atoms with Crippen molar-refractivity contribution in [2.45, 2.75) is 79.6 Å². The van der Waals surface area contributed by atoms with Gasteiger partial charge in [0.2, 0.25) is 5.91 Å². The number of carbonyl (C=O) groups excluding carboxylic acids is 2. The minimum absolute atomic E-state index is 0.0149. The third-order valence-corrected chi connectivity index (χ3v) is 14.5. The van der Waals surface area contributed by atoms with Crippen LogP contribution in [0.3, 0.4) is 0 Å². The molecule has 0 fully saturated rings. The number of nitrogens with zero attached hydrogens (tertiary/aromatic N) is 5. The number of phenolic OH excluding ortho intramolecular Hbond substituents is 1. The molecule has 0 radical (unpaired) electrons. The number of aliphatic imine (C=N–C) groups is 1. The Hall–Kier alpha value is -7.20. The van der Waals surface area contributed by atoms with Crippen LogP contribution >= 0.6 is 22.9 Å². The molecule has 0 saturated heterocycles. The number of benzene rings is 4. The van der Waals surface area contributed by atoms with E-state index in [9.17, 15) is 23.9 Å². The van der Waals surface area contributed by atoms with Gasteiger partial charge in [0.25, 0.3) is 11.5 Å². The van der Waals surface area contributed by atoms with Crippen molar-refractivity contribution in [3.8, 4) is 21.9 Å². The molecule has 1 atom stereocenters. The minimum Gasteiger partial charge on any atom is -0.508 e. The molecule has 4 aromatic heterocycles. The summed E-state index contributed by atoms with van der Waals surface area (Å²) in [6, 6.07) is 23.9. The lowest BCUT2D eigenvalue weighted by Crippen LogP contribution is -2.23. The van der Waals surface area contributed by atoms with E-state index < -0.39 is 11.6 Å². The second-order valence-electron chi connectivity index (χ2n) is 18.2. The fourth-order valence-electron chi connectivity index (χ4n) is 9.10. The topological polar surface area (TPSA) is 169 Å². The van der Waals surface area contributed by atoms with Gasteiger partial charge in [-0.25, -0.2) is 4.39 Å². The Labute approximate surface area is 413 Å². The van der Waals surface area contributed by atoms with Gasteiger partial charge in [0.15, 0.2) is 11.6 Å². The third-order valence-electron chi connectivity index (χ3n) is 13.0. The highest BCUT2D eigenvalue weighted by molar-refractivity contribution is 7.15. The molecular formula is C54H52ClFN8O5S. The highest BCUT2D eigenvalue weighted by Gasteiger charge is 2.35. The number of hydrogen-bond donors (Lipinski definition) is 4. The first kappa shape index (κ1) is 47.8. The van der Waals surface area contributed by atoms with Crippen molar-refractivity contribution < 1.29 is 23.8 Å². The molecule has 9 rings (SSSR count). The lowest BCUT2D eigenvalue weighted by atomic mass is 9.86. The van der Waals surface area contributed by atoms with Crippen LogP contribution in [-0.2, 0) is 35.2 Å². The van der Waals surface area contributed by atoms with E-state index >= 15 is 0 Å². The monoisotopic (exact) mass is 978 g/mol. The number of rotatable bonds is 13. The van der Waals surface area contributed by atoms with E-state index in [1.165, 1.54) is 28.8 Å². The summed E-state index contributed by atoms with van der Waals surface area (Å²) in [6.45, 7) is 14.1. The molecule has 5 heterocycles. The second-order valence-corrected chi connectivity index (χ2v) is 19.9. The predicted octanol–water partition coefficient (Wildman–Crippen LogP) is 10.6. The average molecular weight is 980 g/mol. The molecule has 0 saturated carbocycles. The van der Waals surface area contributed by atoms with E-state index in [-0.39, 0.29) is 47.7 Å². The Morgan fingerprint density at radius 1 is 0.957 bits per heavy atom. The van der Waals surface area contributed by atoms with Crippen LogP contribution in [0.25, 0.3) is 27.0 Å². The number of aromatic amines is 1. The number of anilines is 1. The summed E-state index contributed by atoms with van der Waals surface area (Å²) in [5.41, 5.74) is 9.20. The number of carbonyl (C=O) groups is 2. The minimum atomic E-state index is -0.950. The Kier molecular flexibility index (Phi) is 13.0. The largest absolute Gasteiger partial charge is 0.508 e. The molecule has 8 aromatic rings. The van der Waals surface area contributed by atoms with Crippen molar-refractivity contribution in [2.75, 3.05) is 11.9 Å². The molecule has 13 nitrogen and oxygen atoms in total. The van der Waals surface area contributed by atoms with Gasteiger partial charge >= 0.3 is 0 Å². The number of phenols is 1. The number of nitrogens with one attached hydrogen (secondary N) is 3. The normalized spacial score (nSPS) is 13.5. The van der Waals surface area contributed by atoms with Crippen LogP contribution < -0.4 is 16.2 Å². The number of aromatic hydroxyl groups is 1. The van der Waals surface area contributed by atoms with E-state index in [2.05, 4.69) is 35.5 Å². The van der Waals surface area contributed by atoms with E-state index in [0.717, 1.165) is 65.5 Å². The zero-order chi connectivity index (χ0) is 49.8. The Morgan fingerprint density at radius 3 is 2.37 bits per heavy atom. The van der Waals surface area contributed by atoms with Crippen LogP contribution in [-0.4, -0.2) is 53.5 Å². The zero-order valence-electron chi connectivity index (χ0n) is 40.0. The Bertz CT molecular complexity index is 3440. The number of thiophene rings is 1. The van der Waals surface area contributed by atoms with E-state index in [1.54, 1.807) is 42.8 Å². The summed E-state index contributed by atoms with van der Waals surface area (Å²) in [5, 5.41) is 27.1. The molecule has 1 aliphatic rings. The van der Waals surface area contributed by atoms with Gasteiger partial charge in [-0.15, -0.1) is 21.5 Å². The van der Waals surface area contributed by atoms with Crippen LogP contribution in [0.4, 0.5) is 10.1 Å². The van der Waals surface area contributed by atoms with Crippen molar-refractivity contribution in [3.63, 3.8) is 0 Å². The highest BCUT2D eigenvalue weighted by Crippen LogP contribution is 2.42. The number of halogens is 2. The maximum atomic E-state index is 14.6. The van der Waals surface area contributed by atoms with E-state index in [0.29, 0.717) is 51.9 Å². The van der Waals surface area contributed by atoms with Crippen LogP contribution in [0.1, 0.15) is 105 Å². The number of ether oxygens (including phenoxy) is 1. The molecule has 2 amide bonds.